The largest absolute Gasteiger partial charge is 0.309 e. The van der Waals surface area contributed by atoms with Crippen molar-refractivity contribution < 1.29 is 9.18 Å². The Labute approximate surface area is 121 Å². The number of carbonyl (C=O) groups excluding carboxylic acids is 1. The van der Waals surface area contributed by atoms with Gasteiger partial charge < -0.3 is 4.90 Å². The van der Waals surface area contributed by atoms with Crippen molar-refractivity contribution in [3.8, 4) is 0 Å². The van der Waals surface area contributed by atoms with Crippen LogP contribution in [-0.2, 0) is 17.6 Å². The number of halogens is 1. The Morgan fingerprint density at radius 2 is 2.25 bits per heavy atom. The summed E-state index contributed by atoms with van der Waals surface area (Å²) in [5, 5.41) is 4.06. The fourth-order valence-electron chi connectivity index (χ4n) is 2.67. The van der Waals surface area contributed by atoms with E-state index in [0.29, 0.717) is 18.7 Å². The van der Waals surface area contributed by atoms with Crippen molar-refractivity contribution in [2.45, 2.75) is 25.7 Å². The van der Waals surface area contributed by atoms with Crippen molar-refractivity contribution in [1.29, 1.82) is 0 Å². The lowest BCUT2D eigenvalue weighted by Crippen LogP contribution is -2.36. The molecule has 2 aromatic rings. The summed E-state index contributed by atoms with van der Waals surface area (Å²) in [4.78, 5) is 14.0. The van der Waals surface area contributed by atoms with Gasteiger partial charge in [-0.3, -0.25) is 4.79 Å². The maximum atomic E-state index is 14.0. The molecule has 0 radical (unpaired) electrons. The topological polar surface area (TPSA) is 20.3 Å². The molecule has 2 heterocycles. The van der Waals surface area contributed by atoms with Gasteiger partial charge in [0.2, 0.25) is 5.91 Å². The maximum Gasteiger partial charge on any atom is 0.227 e. The Balaban J connectivity index is 1.76. The van der Waals surface area contributed by atoms with E-state index in [1.807, 2.05) is 17.5 Å². The number of hydrogen-bond donors (Lipinski definition) is 0. The summed E-state index contributed by atoms with van der Waals surface area (Å²) < 4.78 is 14.0. The SMILES string of the molecule is O=C(CCc1ccsc1)N1CCCc2cccc(F)c21. The van der Waals surface area contributed by atoms with Gasteiger partial charge in [0.15, 0.2) is 0 Å². The zero-order chi connectivity index (χ0) is 13.9. The average molecular weight is 289 g/mol. The van der Waals surface area contributed by atoms with Gasteiger partial charge in [0.05, 0.1) is 5.69 Å². The van der Waals surface area contributed by atoms with Crippen LogP contribution < -0.4 is 4.90 Å². The van der Waals surface area contributed by atoms with Gasteiger partial charge in [-0.25, -0.2) is 4.39 Å². The number of hydrogen-bond acceptors (Lipinski definition) is 2. The highest BCUT2D eigenvalue weighted by Gasteiger charge is 2.25. The summed E-state index contributed by atoms with van der Waals surface area (Å²) in [6.07, 6.45) is 2.91. The molecule has 2 nitrogen and oxygen atoms in total. The van der Waals surface area contributed by atoms with Crippen LogP contribution in [0.25, 0.3) is 0 Å². The number of aryl methyl sites for hydroxylation is 2. The van der Waals surface area contributed by atoms with Crippen LogP contribution in [0.4, 0.5) is 10.1 Å². The van der Waals surface area contributed by atoms with E-state index in [1.165, 1.54) is 11.6 Å². The molecule has 20 heavy (non-hydrogen) atoms. The van der Waals surface area contributed by atoms with Crippen LogP contribution in [0.15, 0.2) is 35.0 Å². The van der Waals surface area contributed by atoms with Gasteiger partial charge in [0, 0.05) is 13.0 Å². The van der Waals surface area contributed by atoms with Gasteiger partial charge >= 0.3 is 0 Å². The molecule has 0 saturated carbocycles. The molecule has 0 N–H and O–H groups in total. The lowest BCUT2D eigenvalue weighted by Gasteiger charge is -2.29. The number of rotatable bonds is 3. The maximum absolute atomic E-state index is 14.0. The zero-order valence-electron chi connectivity index (χ0n) is 11.1. The van der Waals surface area contributed by atoms with Crippen molar-refractivity contribution in [2.24, 2.45) is 0 Å². The first-order valence-corrected chi connectivity index (χ1v) is 7.79. The quantitative estimate of drug-likeness (QED) is 0.841. The Hall–Kier alpha value is -1.68. The fraction of sp³-hybridized carbons (Fsp3) is 0.312. The average Bonchev–Trinajstić information content (AvgIpc) is 2.98. The standard InChI is InChI=1S/C16H16FNOS/c17-14-5-1-3-13-4-2-9-18(16(13)14)15(19)7-6-12-8-10-20-11-12/h1,3,5,8,10-11H,2,4,6-7,9H2. The molecule has 104 valence electrons. The monoisotopic (exact) mass is 289 g/mol. The zero-order valence-corrected chi connectivity index (χ0v) is 12.0. The number of thiophene rings is 1. The third kappa shape index (κ3) is 2.61. The fourth-order valence-corrected chi connectivity index (χ4v) is 3.38. The predicted molar refractivity (Wildman–Crippen MR) is 79.7 cm³/mol. The summed E-state index contributed by atoms with van der Waals surface area (Å²) in [6.45, 7) is 0.621. The Kier molecular flexibility index (Phi) is 3.83. The second-order valence-electron chi connectivity index (χ2n) is 5.03. The van der Waals surface area contributed by atoms with Crippen molar-refractivity contribution in [3.05, 3.63) is 52.0 Å². The molecule has 0 fully saturated rings. The van der Waals surface area contributed by atoms with E-state index >= 15 is 0 Å². The molecule has 0 aliphatic carbocycles. The smallest absolute Gasteiger partial charge is 0.227 e. The molecule has 3 rings (SSSR count). The van der Waals surface area contributed by atoms with E-state index in [2.05, 4.69) is 5.38 Å². The molecule has 1 aromatic heterocycles. The first-order chi connectivity index (χ1) is 9.75. The molecule has 1 amide bonds. The third-order valence-electron chi connectivity index (χ3n) is 3.68. The predicted octanol–water partition coefficient (Wildman–Crippen LogP) is 3.80. The molecular formula is C16H16FNOS. The van der Waals surface area contributed by atoms with Gasteiger partial charge in [-0.2, -0.15) is 11.3 Å². The molecular weight excluding hydrogens is 273 g/mol. The van der Waals surface area contributed by atoms with Crippen LogP contribution in [0.1, 0.15) is 24.0 Å². The van der Waals surface area contributed by atoms with E-state index in [9.17, 15) is 9.18 Å². The molecule has 0 atom stereocenters. The Morgan fingerprint density at radius 1 is 1.35 bits per heavy atom. The molecule has 0 bridgehead atoms. The first kappa shape index (κ1) is 13.3. The number of nitrogens with zero attached hydrogens (tertiary/aromatic N) is 1. The summed E-state index contributed by atoms with van der Waals surface area (Å²) in [7, 11) is 0. The highest BCUT2D eigenvalue weighted by atomic mass is 32.1. The van der Waals surface area contributed by atoms with Gasteiger partial charge in [0.1, 0.15) is 5.82 Å². The highest BCUT2D eigenvalue weighted by Crippen LogP contribution is 2.30. The van der Waals surface area contributed by atoms with E-state index < -0.39 is 0 Å². The van der Waals surface area contributed by atoms with E-state index in [-0.39, 0.29) is 11.7 Å². The minimum atomic E-state index is -0.286. The number of fused-ring (bicyclic) bond motifs is 1. The number of carbonyl (C=O) groups is 1. The van der Waals surface area contributed by atoms with Crippen LogP contribution >= 0.6 is 11.3 Å². The Morgan fingerprint density at radius 3 is 3.05 bits per heavy atom. The van der Waals surface area contributed by atoms with Crippen LogP contribution in [0, 0.1) is 5.82 Å². The van der Waals surface area contributed by atoms with Gasteiger partial charge in [-0.05, 0) is 53.3 Å². The summed E-state index contributed by atoms with van der Waals surface area (Å²) in [5.74, 6) is -0.270. The van der Waals surface area contributed by atoms with E-state index in [0.717, 1.165) is 24.8 Å². The van der Waals surface area contributed by atoms with Gasteiger partial charge in [-0.15, -0.1) is 0 Å². The van der Waals surface area contributed by atoms with Crippen molar-refractivity contribution in [2.75, 3.05) is 11.4 Å². The summed E-state index contributed by atoms with van der Waals surface area (Å²) >= 11 is 1.63. The van der Waals surface area contributed by atoms with Gasteiger partial charge in [-0.1, -0.05) is 12.1 Å². The minimum Gasteiger partial charge on any atom is -0.309 e. The summed E-state index contributed by atoms with van der Waals surface area (Å²) in [6, 6.07) is 7.09. The third-order valence-corrected chi connectivity index (χ3v) is 4.41. The molecule has 1 aliphatic rings. The molecule has 4 heteroatoms. The molecule has 1 aromatic carbocycles. The number of benzene rings is 1. The van der Waals surface area contributed by atoms with Crippen LogP contribution in [0.5, 0.6) is 0 Å². The second-order valence-corrected chi connectivity index (χ2v) is 5.81. The number of anilines is 1. The van der Waals surface area contributed by atoms with Crippen molar-refractivity contribution in [1.82, 2.24) is 0 Å². The van der Waals surface area contributed by atoms with Crippen LogP contribution in [0.3, 0.4) is 0 Å². The second kappa shape index (κ2) is 5.75. The lowest BCUT2D eigenvalue weighted by atomic mass is 10.0. The first-order valence-electron chi connectivity index (χ1n) is 6.84. The number of para-hydroxylation sites is 1. The van der Waals surface area contributed by atoms with Crippen molar-refractivity contribution in [3.63, 3.8) is 0 Å². The van der Waals surface area contributed by atoms with E-state index in [1.54, 1.807) is 22.3 Å². The summed E-state index contributed by atoms with van der Waals surface area (Å²) in [5.41, 5.74) is 2.61. The highest BCUT2D eigenvalue weighted by molar-refractivity contribution is 7.07. The molecule has 1 aliphatic heterocycles. The molecule has 0 unspecified atom stereocenters. The molecule has 0 spiro atoms. The Bertz CT molecular complexity index is 609. The lowest BCUT2D eigenvalue weighted by molar-refractivity contribution is -0.118. The van der Waals surface area contributed by atoms with Crippen molar-refractivity contribution >= 4 is 22.9 Å². The normalized spacial score (nSPS) is 14.2. The molecule has 0 saturated heterocycles. The van der Waals surface area contributed by atoms with Gasteiger partial charge in [0.25, 0.3) is 0 Å². The number of amides is 1. The minimum absolute atomic E-state index is 0.0160. The van der Waals surface area contributed by atoms with E-state index in [4.69, 9.17) is 0 Å². The van der Waals surface area contributed by atoms with Crippen LogP contribution in [0.2, 0.25) is 0 Å². The van der Waals surface area contributed by atoms with Crippen LogP contribution in [-0.4, -0.2) is 12.5 Å².